The Balaban J connectivity index is 2.17. The van der Waals surface area contributed by atoms with Gasteiger partial charge in [-0.1, -0.05) is 23.7 Å². The number of rotatable bonds is 3. The second-order valence-electron chi connectivity index (χ2n) is 3.94. The maximum Gasteiger partial charge on any atom is 0.126 e. The molecule has 86 valence electrons. The van der Waals surface area contributed by atoms with Gasteiger partial charge >= 0.3 is 0 Å². The van der Waals surface area contributed by atoms with E-state index in [4.69, 9.17) is 22.1 Å². The summed E-state index contributed by atoms with van der Waals surface area (Å²) >= 11 is 6.07. The minimum Gasteiger partial charge on any atom is -0.486 e. The van der Waals surface area contributed by atoms with Gasteiger partial charge in [-0.15, -0.1) is 0 Å². The maximum absolute atomic E-state index is 6.07. The second-order valence-corrected chi connectivity index (χ2v) is 4.34. The summed E-state index contributed by atoms with van der Waals surface area (Å²) in [6.45, 7) is 0.408. The first kappa shape index (κ1) is 11.5. The number of benzene rings is 1. The van der Waals surface area contributed by atoms with Crippen LogP contribution >= 0.6 is 11.6 Å². The van der Waals surface area contributed by atoms with Gasteiger partial charge in [0.1, 0.15) is 11.9 Å². The van der Waals surface area contributed by atoms with Crippen LogP contribution in [0.1, 0.15) is 24.8 Å². The van der Waals surface area contributed by atoms with Crippen molar-refractivity contribution >= 4 is 11.6 Å². The van der Waals surface area contributed by atoms with Crippen molar-refractivity contribution < 1.29 is 4.74 Å². The van der Waals surface area contributed by atoms with E-state index < -0.39 is 0 Å². The summed E-state index contributed by atoms with van der Waals surface area (Å²) in [6, 6.07) is 5.66. The molecule has 16 heavy (non-hydrogen) atoms. The molecule has 1 aliphatic rings. The maximum atomic E-state index is 6.07. The number of hydrogen-bond acceptors (Lipinski definition) is 2. The van der Waals surface area contributed by atoms with Crippen LogP contribution in [-0.2, 0) is 6.54 Å². The molecule has 0 saturated carbocycles. The van der Waals surface area contributed by atoms with Gasteiger partial charge in [-0.25, -0.2) is 0 Å². The fraction of sp³-hybridized carbons (Fsp3) is 0.385. The molecule has 0 bridgehead atoms. The Labute approximate surface area is 101 Å². The van der Waals surface area contributed by atoms with Gasteiger partial charge < -0.3 is 10.5 Å². The summed E-state index contributed by atoms with van der Waals surface area (Å²) in [5, 5.41) is 0.680. The Morgan fingerprint density at radius 3 is 3.00 bits per heavy atom. The fourth-order valence-electron chi connectivity index (χ4n) is 1.89. The molecule has 2 rings (SSSR count). The van der Waals surface area contributed by atoms with E-state index in [2.05, 4.69) is 12.2 Å². The molecule has 0 amide bonds. The van der Waals surface area contributed by atoms with Gasteiger partial charge in [-0.2, -0.15) is 0 Å². The van der Waals surface area contributed by atoms with Crippen LogP contribution in [0.25, 0.3) is 0 Å². The van der Waals surface area contributed by atoms with Crippen molar-refractivity contribution in [1.82, 2.24) is 0 Å². The monoisotopic (exact) mass is 237 g/mol. The number of nitrogens with two attached hydrogens (primary N) is 1. The molecule has 0 radical (unpaired) electrons. The van der Waals surface area contributed by atoms with E-state index in [1.54, 1.807) is 0 Å². The molecule has 1 unspecified atom stereocenters. The van der Waals surface area contributed by atoms with Crippen LogP contribution in [0, 0.1) is 0 Å². The van der Waals surface area contributed by atoms with Crippen LogP contribution in [0.5, 0.6) is 5.75 Å². The molecule has 1 atom stereocenters. The zero-order valence-corrected chi connectivity index (χ0v) is 9.91. The van der Waals surface area contributed by atoms with E-state index in [-0.39, 0.29) is 6.10 Å². The zero-order chi connectivity index (χ0) is 11.4. The molecule has 0 aliphatic heterocycles. The van der Waals surface area contributed by atoms with E-state index in [0.29, 0.717) is 11.6 Å². The summed E-state index contributed by atoms with van der Waals surface area (Å²) in [4.78, 5) is 0. The molecule has 0 heterocycles. The Morgan fingerprint density at radius 1 is 1.44 bits per heavy atom. The first-order chi connectivity index (χ1) is 7.81. The van der Waals surface area contributed by atoms with Crippen molar-refractivity contribution in [2.75, 3.05) is 0 Å². The highest BCUT2D eigenvalue weighted by atomic mass is 35.5. The summed E-state index contributed by atoms with van der Waals surface area (Å²) in [7, 11) is 0. The third kappa shape index (κ3) is 2.57. The van der Waals surface area contributed by atoms with E-state index in [1.807, 2.05) is 18.2 Å². The predicted octanol–water partition coefficient (Wildman–Crippen LogP) is 3.29. The number of ether oxygens (including phenoxy) is 1. The minimum absolute atomic E-state index is 0.164. The van der Waals surface area contributed by atoms with Crippen molar-refractivity contribution in [1.29, 1.82) is 0 Å². The highest BCUT2D eigenvalue weighted by Crippen LogP contribution is 2.28. The minimum atomic E-state index is 0.164. The lowest BCUT2D eigenvalue weighted by Crippen LogP contribution is -2.17. The topological polar surface area (TPSA) is 35.2 Å². The van der Waals surface area contributed by atoms with Crippen LogP contribution in [0.2, 0.25) is 5.02 Å². The third-order valence-electron chi connectivity index (χ3n) is 2.77. The van der Waals surface area contributed by atoms with Crippen LogP contribution in [-0.4, -0.2) is 6.10 Å². The van der Waals surface area contributed by atoms with Crippen molar-refractivity contribution in [3.05, 3.63) is 40.9 Å². The molecule has 1 aromatic rings. The number of allylic oxidation sites excluding steroid dienone is 1. The van der Waals surface area contributed by atoms with Crippen molar-refractivity contribution in [2.45, 2.75) is 31.9 Å². The molecule has 2 N–H and O–H groups in total. The van der Waals surface area contributed by atoms with E-state index in [1.165, 1.54) is 6.42 Å². The lowest BCUT2D eigenvalue weighted by Gasteiger charge is -2.20. The average molecular weight is 238 g/mol. The predicted molar refractivity (Wildman–Crippen MR) is 66.8 cm³/mol. The molecular weight excluding hydrogens is 222 g/mol. The first-order valence-corrected chi connectivity index (χ1v) is 6.00. The molecule has 0 spiro atoms. The normalized spacial score (nSPS) is 19.8. The Kier molecular flexibility index (Phi) is 3.86. The van der Waals surface area contributed by atoms with E-state index in [9.17, 15) is 0 Å². The summed E-state index contributed by atoms with van der Waals surface area (Å²) < 4.78 is 5.91. The summed E-state index contributed by atoms with van der Waals surface area (Å²) in [5.74, 6) is 0.812. The third-order valence-corrected chi connectivity index (χ3v) is 3.12. The second kappa shape index (κ2) is 5.37. The molecule has 0 aromatic heterocycles. The molecule has 3 heteroatoms. The fourth-order valence-corrected chi connectivity index (χ4v) is 2.13. The van der Waals surface area contributed by atoms with Gasteiger partial charge in [0.15, 0.2) is 0 Å². The van der Waals surface area contributed by atoms with Crippen molar-refractivity contribution in [3.8, 4) is 5.75 Å². The quantitative estimate of drug-likeness (QED) is 0.819. The van der Waals surface area contributed by atoms with Gasteiger partial charge in [0.25, 0.3) is 0 Å². The van der Waals surface area contributed by atoms with Gasteiger partial charge in [0, 0.05) is 17.1 Å². The SMILES string of the molecule is NCc1c(Cl)cccc1OC1C=CCCC1. The number of hydrogen-bond donors (Lipinski definition) is 1. The molecular formula is C13H16ClNO. The summed E-state index contributed by atoms with van der Waals surface area (Å²) in [5.41, 5.74) is 6.57. The van der Waals surface area contributed by atoms with Crippen molar-refractivity contribution in [2.24, 2.45) is 5.73 Å². The van der Waals surface area contributed by atoms with E-state index >= 15 is 0 Å². The highest BCUT2D eigenvalue weighted by Gasteiger charge is 2.13. The van der Waals surface area contributed by atoms with Crippen molar-refractivity contribution in [3.63, 3.8) is 0 Å². The molecule has 0 fully saturated rings. The first-order valence-electron chi connectivity index (χ1n) is 5.62. The Hall–Kier alpha value is -0.990. The average Bonchev–Trinajstić information content (AvgIpc) is 2.31. The van der Waals surface area contributed by atoms with Crippen LogP contribution in [0.15, 0.2) is 30.4 Å². The van der Waals surface area contributed by atoms with Crippen LogP contribution in [0.4, 0.5) is 0 Å². The van der Waals surface area contributed by atoms with Gasteiger partial charge in [-0.05, 0) is 37.5 Å². The Morgan fingerprint density at radius 2 is 2.31 bits per heavy atom. The van der Waals surface area contributed by atoms with Gasteiger partial charge in [0.2, 0.25) is 0 Å². The van der Waals surface area contributed by atoms with Crippen LogP contribution in [0.3, 0.4) is 0 Å². The Bertz CT molecular complexity index is 390. The lowest BCUT2D eigenvalue weighted by atomic mass is 10.1. The lowest BCUT2D eigenvalue weighted by molar-refractivity contribution is 0.228. The number of halogens is 1. The van der Waals surface area contributed by atoms with Gasteiger partial charge in [-0.3, -0.25) is 0 Å². The van der Waals surface area contributed by atoms with E-state index in [0.717, 1.165) is 24.2 Å². The zero-order valence-electron chi connectivity index (χ0n) is 9.16. The summed E-state index contributed by atoms with van der Waals surface area (Å²) in [6.07, 6.45) is 7.84. The standard InChI is InChI=1S/C13H16ClNO/c14-12-7-4-8-13(11(12)9-15)16-10-5-2-1-3-6-10/h2,4-5,7-8,10H,1,3,6,9,15H2. The molecule has 1 aliphatic carbocycles. The molecule has 1 aromatic carbocycles. The molecule has 2 nitrogen and oxygen atoms in total. The smallest absolute Gasteiger partial charge is 0.126 e. The highest BCUT2D eigenvalue weighted by molar-refractivity contribution is 6.31. The van der Waals surface area contributed by atoms with Gasteiger partial charge in [0.05, 0.1) is 0 Å². The molecule has 0 saturated heterocycles. The largest absolute Gasteiger partial charge is 0.486 e. The van der Waals surface area contributed by atoms with Crippen LogP contribution < -0.4 is 10.5 Å².